The number of aliphatic hydroxyl groups excluding tert-OH is 4. The van der Waals surface area contributed by atoms with Gasteiger partial charge in [0.15, 0.2) is 6.29 Å². The standard InChI is InChI=1S/C12H24O6S/c13-7-8-9(14)10(15)11(16)12(18-8)17-5-3-1-2-4-6-19/h8-16,19H,1-7H2/t8?,9-,10-,11?,12+/m0/s1. The molecule has 0 aliphatic carbocycles. The molecule has 0 spiro atoms. The van der Waals surface area contributed by atoms with E-state index in [4.69, 9.17) is 14.6 Å². The van der Waals surface area contributed by atoms with E-state index in [2.05, 4.69) is 12.6 Å². The van der Waals surface area contributed by atoms with Gasteiger partial charge < -0.3 is 29.9 Å². The molecule has 1 aliphatic heterocycles. The summed E-state index contributed by atoms with van der Waals surface area (Å²) >= 11 is 4.12. The molecule has 5 atom stereocenters. The van der Waals surface area contributed by atoms with Crippen LogP contribution in [-0.4, -0.2) is 70.1 Å². The number of thiol groups is 1. The average Bonchev–Trinajstić information content (AvgIpc) is 2.42. The van der Waals surface area contributed by atoms with Crippen molar-refractivity contribution in [3.63, 3.8) is 0 Å². The van der Waals surface area contributed by atoms with Crippen LogP contribution in [0.2, 0.25) is 0 Å². The van der Waals surface area contributed by atoms with Crippen molar-refractivity contribution in [2.24, 2.45) is 0 Å². The van der Waals surface area contributed by atoms with Crippen LogP contribution in [0.25, 0.3) is 0 Å². The number of ether oxygens (including phenoxy) is 2. The Labute approximate surface area is 118 Å². The summed E-state index contributed by atoms with van der Waals surface area (Å²) in [6.45, 7) is -0.0397. The fourth-order valence-corrected chi connectivity index (χ4v) is 2.20. The molecule has 0 bridgehead atoms. The van der Waals surface area contributed by atoms with Gasteiger partial charge in [-0.05, 0) is 18.6 Å². The second-order valence-corrected chi connectivity index (χ2v) is 5.15. The van der Waals surface area contributed by atoms with Crippen LogP contribution >= 0.6 is 12.6 Å². The van der Waals surface area contributed by atoms with E-state index in [-0.39, 0.29) is 0 Å². The third kappa shape index (κ3) is 5.18. The SMILES string of the molecule is OCC1O[C@@H](OCCCCCCS)C(O)[C@@H](O)[C@H]1O. The van der Waals surface area contributed by atoms with Gasteiger partial charge in [-0.15, -0.1) is 0 Å². The number of aliphatic hydroxyl groups is 4. The maximum atomic E-state index is 9.71. The molecule has 4 N–H and O–H groups in total. The summed E-state index contributed by atoms with van der Waals surface area (Å²) in [7, 11) is 0. The first-order valence-corrected chi connectivity index (χ1v) is 7.28. The van der Waals surface area contributed by atoms with Gasteiger partial charge in [0, 0.05) is 6.61 Å². The van der Waals surface area contributed by atoms with Gasteiger partial charge >= 0.3 is 0 Å². The Hall–Kier alpha value is 0.110. The second-order valence-electron chi connectivity index (χ2n) is 4.71. The molecule has 0 aromatic rings. The molecule has 1 aliphatic rings. The number of rotatable bonds is 8. The molecular formula is C12H24O6S. The van der Waals surface area contributed by atoms with Gasteiger partial charge in [-0.1, -0.05) is 12.8 Å². The molecule has 1 heterocycles. The van der Waals surface area contributed by atoms with Crippen molar-refractivity contribution in [2.75, 3.05) is 19.0 Å². The number of hydrogen-bond acceptors (Lipinski definition) is 7. The molecule has 2 unspecified atom stereocenters. The first-order chi connectivity index (χ1) is 9.11. The minimum atomic E-state index is -1.37. The lowest BCUT2D eigenvalue weighted by molar-refractivity contribution is -0.301. The topological polar surface area (TPSA) is 99.4 Å². The largest absolute Gasteiger partial charge is 0.394 e. The van der Waals surface area contributed by atoms with Crippen molar-refractivity contribution in [3.8, 4) is 0 Å². The molecule has 19 heavy (non-hydrogen) atoms. The van der Waals surface area contributed by atoms with E-state index in [1.54, 1.807) is 0 Å². The molecule has 0 radical (unpaired) electrons. The van der Waals surface area contributed by atoms with Crippen LogP contribution in [0, 0.1) is 0 Å². The summed E-state index contributed by atoms with van der Waals surface area (Å²) in [5.74, 6) is 0.869. The van der Waals surface area contributed by atoms with Crippen LogP contribution in [0.15, 0.2) is 0 Å². The van der Waals surface area contributed by atoms with E-state index >= 15 is 0 Å². The fourth-order valence-electron chi connectivity index (χ4n) is 1.97. The summed E-state index contributed by atoms with van der Waals surface area (Å²) in [4.78, 5) is 0. The Morgan fingerprint density at radius 1 is 0.947 bits per heavy atom. The zero-order valence-electron chi connectivity index (χ0n) is 10.9. The monoisotopic (exact) mass is 296 g/mol. The Kier molecular flexibility index (Phi) is 8.24. The van der Waals surface area contributed by atoms with E-state index in [1.807, 2.05) is 0 Å². The van der Waals surface area contributed by atoms with Crippen molar-refractivity contribution < 1.29 is 29.9 Å². The van der Waals surface area contributed by atoms with Gasteiger partial charge in [0.25, 0.3) is 0 Å². The Bertz CT molecular complexity index is 240. The minimum Gasteiger partial charge on any atom is -0.394 e. The highest BCUT2D eigenvalue weighted by Gasteiger charge is 2.43. The number of unbranched alkanes of at least 4 members (excludes halogenated alkanes) is 3. The Morgan fingerprint density at radius 2 is 1.63 bits per heavy atom. The highest BCUT2D eigenvalue weighted by Crippen LogP contribution is 2.22. The third-order valence-electron chi connectivity index (χ3n) is 3.18. The lowest BCUT2D eigenvalue weighted by Gasteiger charge is -2.39. The zero-order valence-corrected chi connectivity index (χ0v) is 11.8. The van der Waals surface area contributed by atoms with Crippen molar-refractivity contribution in [3.05, 3.63) is 0 Å². The summed E-state index contributed by atoms with van der Waals surface area (Å²) in [6.07, 6.45) is -2.00. The van der Waals surface area contributed by atoms with Gasteiger partial charge in [-0.2, -0.15) is 12.6 Å². The van der Waals surface area contributed by atoms with Crippen molar-refractivity contribution in [1.29, 1.82) is 0 Å². The predicted octanol–water partition coefficient (Wildman–Crippen LogP) is -0.707. The minimum absolute atomic E-state index is 0.398. The summed E-state index contributed by atoms with van der Waals surface area (Å²) in [6, 6.07) is 0. The highest BCUT2D eigenvalue weighted by molar-refractivity contribution is 7.80. The van der Waals surface area contributed by atoms with Gasteiger partial charge in [0.2, 0.25) is 0 Å². The maximum absolute atomic E-state index is 9.71. The van der Waals surface area contributed by atoms with Gasteiger partial charge in [-0.25, -0.2) is 0 Å². The Morgan fingerprint density at radius 3 is 2.26 bits per heavy atom. The van der Waals surface area contributed by atoms with Crippen LogP contribution in [0.5, 0.6) is 0 Å². The quantitative estimate of drug-likeness (QED) is 0.300. The molecule has 0 aromatic heterocycles. The van der Waals surface area contributed by atoms with Gasteiger partial charge in [0.05, 0.1) is 6.61 Å². The van der Waals surface area contributed by atoms with Gasteiger partial charge in [0.1, 0.15) is 24.4 Å². The van der Waals surface area contributed by atoms with Crippen molar-refractivity contribution >= 4 is 12.6 Å². The molecule has 1 saturated heterocycles. The first kappa shape index (κ1) is 17.2. The zero-order chi connectivity index (χ0) is 14.3. The van der Waals surface area contributed by atoms with E-state index in [1.165, 1.54) is 0 Å². The van der Waals surface area contributed by atoms with Crippen LogP contribution in [-0.2, 0) is 9.47 Å². The molecule has 0 saturated carbocycles. The first-order valence-electron chi connectivity index (χ1n) is 6.64. The fraction of sp³-hybridized carbons (Fsp3) is 1.00. The third-order valence-corrected chi connectivity index (χ3v) is 3.50. The molecular weight excluding hydrogens is 272 g/mol. The van der Waals surface area contributed by atoms with Crippen LogP contribution in [0.4, 0.5) is 0 Å². The summed E-state index contributed by atoms with van der Waals surface area (Å²) in [5, 5.41) is 37.9. The van der Waals surface area contributed by atoms with E-state index in [9.17, 15) is 15.3 Å². The van der Waals surface area contributed by atoms with E-state index in [0.717, 1.165) is 31.4 Å². The lowest BCUT2D eigenvalue weighted by atomic mass is 9.99. The van der Waals surface area contributed by atoms with Crippen LogP contribution < -0.4 is 0 Å². The highest BCUT2D eigenvalue weighted by atomic mass is 32.1. The normalized spacial score (nSPS) is 35.5. The predicted molar refractivity (Wildman–Crippen MR) is 72.0 cm³/mol. The summed E-state index contributed by atoms with van der Waals surface area (Å²) < 4.78 is 10.6. The molecule has 114 valence electrons. The smallest absolute Gasteiger partial charge is 0.186 e. The second kappa shape index (κ2) is 9.12. The van der Waals surface area contributed by atoms with Gasteiger partial charge in [-0.3, -0.25) is 0 Å². The van der Waals surface area contributed by atoms with Crippen LogP contribution in [0.1, 0.15) is 25.7 Å². The molecule has 6 nitrogen and oxygen atoms in total. The Balaban J connectivity index is 2.28. The molecule has 0 amide bonds. The molecule has 7 heteroatoms. The van der Waals surface area contributed by atoms with Crippen molar-refractivity contribution in [2.45, 2.75) is 56.4 Å². The summed E-state index contributed by atoms with van der Waals surface area (Å²) in [5.41, 5.74) is 0. The lowest BCUT2D eigenvalue weighted by Crippen LogP contribution is -2.59. The van der Waals surface area contributed by atoms with Crippen LogP contribution in [0.3, 0.4) is 0 Å². The number of hydrogen-bond donors (Lipinski definition) is 5. The van der Waals surface area contributed by atoms with Crippen molar-refractivity contribution in [1.82, 2.24) is 0 Å². The van der Waals surface area contributed by atoms with E-state index < -0.39 is 37.3 Å². The maximum Gasteiger partial charge on any atom is 0.186 e. The molecule has 0 aromatic carbocycles. The molecule has 1 fully saturated rings. The average molecular weight is 296 g/mol. The molecule has 1 rings (SSSR count). The van der Waals surface area contributed by atoms with E-state index in [0.29, 0.717) is 6.61 Å².